The molecule has 0 heterocycles. The van der Waals surface area contributed by atoms with E-state index in [0.29, 0.717) is 24.7 Å². The van der Waals surface area contributed by atoms with Gasteiger partial charge in [0, 0.05) is 31.6 Å². The van der Waals surface area contributed by atoms with Crippen LogP contribution in [0.2, 0.25) is 0 Å². The summed E-state index contributed by atoms with van der Waals surface area (Å²) in [4.78, 5) is 24.9. The molecule has 0 spiro atoms. The topological polar surface area (TPSA) is 49.4 Å². The normalized spacial score (nSPS) is 14.0. The summed E-state index contributed by atoms with van der Waals surface area (Å²) in [6.07, 6.45) is 2.09. The summed E-state index contributed by atoms with van der Waals surface area (Å²) in [6, 6.07) is 5.73. The number of benzene rings is 1. The Labute approximate surface area is 111 Å². The second-order valence-corrected chi connectivity index (χ2v) is 4.71. The Morgan fingerprint density at radius 2 is 1.95 bits per heavy atom. The van der Waals surface area contributed by atoms with Gasteiger partial charge in [0.05, 0.1) is 0 Å². The summed E-state index contributed by atoms with van der Waals surface area (Å²) in [5.74, 6) is -0.578. The number of nitrogens with one attached hydrogen (secondary N) is 1. The third kappa shape index (κ3) is 3.77. The van der Waals surface area contributed by atoms with Gasteiger partial charge in [0.15, 0.2) is 0 Å². The van der Waals surface area contributed by atoms with Crippen LogP contribution in [0.3, 0.4) is 0 Å². The molecule has 0 aromatic heterocycles. The van der Waals surface area contributed by atoms with Gasteiger partial charge in [0.25, 0.3) is 5.91 Å². The predicted octanol–water partition coefficient (Wildman–Crippen LogP) is 1.57. The van der Waals surface area contributed by atoms with E-state index in [0.717, 1.165) is 12.8 Å². The van der Waals surface area contributed by atoms with E-state index in [1.54, 1.807) is 11.8 Å². The molecule has 0 saturated heterocycles. The van der Waals surface area contributed by atoms with Crippen LogP contribution in [0.1, 0.15) is 30.1 Å². The highest BCUT2D eigenvalue weighted by molar-refractivity contribution is 5.94. The van der Waals surface area contributed by atoms with Gasteiger partial charge in [-0.15, -0.1) is 0 Å². The van der Waals surface area contributed by atoms with Crippen LogP contribution in [0.15, 0.2) is 24.3 Å². The molecule has 1 aromatic carbocycles. The van der Waals surface area contributed by atoms with Crippen LogP contribution in [0, 0.1) is 5.82 Å². The molecule has 1 N–H and O–H groups in total. The number of amides is 2. The number of hydrogen-bond acceptors (Lipinski definition) is 2. The van der Waals surface area contributed by atoms with Crippen LogP contribution in [-0.2, 0) is 4.79 Å². The highest BCUT2D eigenvalue weighted by Crippen LogP contribution is 2.26. The van der Waals surface area contributed by atoms with Gasteiger partial charge in [-0.1, -0.05) is 0 Å². The summed E-state index contributed by atoms with van der Waals surface area (Å²) in [7, 11) is 0. The third-order valence-electron chi connectivity index (χ3n) is 3.14. The summed E-state index contributed by atoms with van der Waals surface area (Å²) in [5, 5.41) is 2.73. The molecule has 1 aliphatic carbocycles. The van der Waals surface area contributed by atoms with Gasteiger partial charge < -0.3 is 10.2 Å². The molecule has 1 fully saturated rings. The van der Waals surface area contributed by atoms with Crippen molar-refractivity contribution in [1.82, 2.24) is 10.2 Å². The molecule has 102 valence electrons. The van der Waals surface area contributed by atoms with Crippen LogP contribution >= 0.6 is 0 Å². The fraction of sp³-hybridized carbons (Fsp3) is 0.429. The van der Waals surface area contributed by atoms with E-state index in [2.05, 4.69) is 5.32 Å². The fourth-order valence-electron chi connectivity index (χ4n) is 1.98. The minimum atomic E-state index is -0.368. The Bertz CT molecular complexity index is 469. The first-order chi connectivity index (χ1) is 9.08. The van der Waals surface area contributed by atoms with Gasteiger partial charge in [-0.05, 0) is 37.1 Å². The van der Waals surface area contributed by atoms with E-state index in [4.69, 9.17) is 0 Å². The van der Waals surface area contributed by atoms with E-state index < -0.39 is 0 Å². The first-order valence-electron chi connectivity index (χ1n) is 6.39. The highest BCUT2D eigenvalue weighted by atomic mass is 19.1. The SMILES string of the molecule is CC(=O)N(CCNC(=O)c1ccc(F)cc1)C1CC1. The molecule has 0 radical (unpaired) electrons. The number of rotatable bonds is 5. The zero-order chi connectivity index (χ0) is 13.8. The second-order valence-electron chi connectivity index (χ2n) is 4.71. The van der Waals surface area contributed by atoms with Crippen molar-refractivity contribution in [2.75, 3.05) is 13.1 Å². The maximum absolute atomic E-state index is 12.7. The van der Waals surface area contributed by atoms with Crippen LogP contribution in [0.4, 0.5) is 4.39 Å². The van der Waals surface area contributed by atoms with Gasteiger partial charge in [-0.2, -0.15) is 0 Å². The lowest BCUT2D eigenvalue weighted by Crippen LogP contribution is -2.38. The summed E-state index contributed by atoms with van der Waals surface area (Å²) >= 11 is 0. The Morgan fingerprint density at radius 3 is 2.47 bits per heavy atom. The van der Waals surface area contributed by atoms with Gasteiger partial charge in [0.2, 0.25) is 5.91 Å². The van der Waals surface area contributed by atoms with E-state index in [1.807, 2.05) is 0 Å². The predicted molar refractivity (Wildman–Crippen MR) is 69.1 cm³/mol. The van der Waals surface area contributed by atoms with Crippen molar-refractivity contribution < 1.29 is 14.0 Å². The van der Waals surface area contributed by atoms with E-state index in [9.17, 15) is 14.0 Å². The van der Waals surface area contributed by atoms with Crippen molar-refractivity contribution >= 4 is 11.8 Å². The molecular formula is C14H17FN2O2. The average molecular weight is 264 g/mol. The zero-order valence-electron chi connectivity index (χ0n) is 10.9. The first kappa shape index (κ1) is 13.5. The standard InChI is InChI=1S/C14H17FN2O2/c1-10(18)17(13-6-7-13)9-8-16-14(19)11-2-4-12(15)5-3-11/h2-5,13H,6-9H2,1H3,(H,16,19). The molecule has 19 heavy (non-hydrogen) atoms. The first-order valence-corrected chi connectivity index (χ1v) is 6.39. The average Bonchev–Trinajstić information content (AvgIpc) is 3.19. The molecule has 1 saturated carbocycles. The molecule has 0 aliphatic heterocycles. The van der Waals surface area contributed by atoms with Crippen molar-refractivity contribution in [2.45, 2.75) is 25.8 Å². The molecule has 4 nitrogen and oxygen atoms in total. The molecule has 2 amide bonds. The zero-order valence-corrected chi connectivity index (χ0v) is 10.9. The van der Waals surface area contributed by atoms with Gasteiger partial charge in [0.1, 0.15) is 5.82 Å². The van der Waals surface area contributed by atoms with Crippen molar-refractivity contribution in [1.29, 1.82) is 0 Å². The van der Waals surface area contributed by atoms with Gasteiger partial charge >= 0.3 is 0 Å². The smallest absolute Gasteiger partial charge is 0.251 e. The molecular weight excluding hydrogens is 247 g/mol. The van der Waals surface area contributed by atoms with E-state index >= 15 is 0 Å². The third-order valence-corrected chi connectivity index (χ3v) is 3.14. The maximum atomic E-state index is 12.7. The number of nitrogens with zero attached hydrogens (tertiary/aromatic N) is 1. The van der Waals surface area contributed by atoms with Gasteiger partial charge in [-0.25, -0.2) is 4.39 Å². The molecule has 1 aliphatic rings. The van der Waals surface area contributed by atoms with Gasteiger partial charge in [-0.3, -0.25) is 9.59 Å². The van der Waals surface area contributed by atoms with Crippen molar-refractivity contribution in [3.8, 4) is 0 Å². The van der Waals surface area contributed by atoms with Crippen LogP contribution in [0.25, 0.3) is 0 Å². The van der Waals surface area contributed by atoms with Crippen LogP contribution in [-0.4, -0.2) is 35.8 Å². The quantitative estimate of drug-likeness (QED) is 0.877. The minimum absolute atomic E-state index is 0.0403. The lowest BCUT2D eigenvalue weighted by molar-refractivity contribution is -0.129. The molecule has 1 aromatic rings. The molecule has 0 unspecified atom stereocenters. The monoisotopic (exact) mass is 264 g/mol. The number of hydrogen-bond donors (Lipinski definition) is 1. The summed E-state index contributed by atoms with van der Waals surface area (Å²) in [6.45, 7) is 2.47. The Balaban J connectivity index is 1.80. The molecule has 0 bridgehead atoms. The van der Waals surface area contributed by atoms with Crippen molar-refractivity contribution in [3.05, 3.63) is 35.6 Å². The van der Waals surface area contributed by atoms with Crippen molar-refractivity contribution in [2.24, 2.45) is 0 Å². The summed E-state index contributed by atoms with van der Waals surface area (Å²) in [5.41, 5.74) is 0.419. The highest BCUT2D eigenvalue weighted by Gasteiger charge is 2.30. The largest absolute Gasteiger partial charge is 0.350 e. The fourth-order valence-corrected chi connectivity index (χ4v) is 1.98. The number of carbonyl (C=O) groups excluding carboxylic acids is 2. The molecule has 2 rings (SSSR count). The number of carbonyl (C=O) groups is 2. The Kier molecular flexibility index (Phi) is 4.14. The number of halogens is 1. The Hall–Kier alpha value is -1.91. The second kappa shape index (κ2) is 5.82. The van der Waals surface area contributed by atoms with E-state index in [1.165, 1.54) is 24.3 Å². The Morgan fingerprint density at radius 1 is 1.32 bits per heavy atom. The minimum Gasteiger partial charge on any atom is -0.350 e. The maximum Gasteiger partial charge on any atom is 0.251 e. The lowest BCUT2D eigenvalue weighted by Gasteiger charge is -2.20. The molecule has 0 atom stereocenters. The van der Waals surface area contributed by atoms with Crippen LogP contribution in [0.5, 0.6) is 0 Å². The summed E-state index contributed by atoms with van der Waals surface area (Å²) < 4.78 is 12.7. The van der Waals surface area contributed by atoms with Crippen LogP contribution < -0.4 is 5.32 Å². The van der Waals surface area contributed by atoms with Crippen molar-refractivity contribution in [3.63, 3.8) is 0 Å². The lowest BCUT2D eigenvalue weighted by atomic mass is 10.2. The van der Waals surface area contributed by atoms with E-state index in [-0.39, 0.29) is 17.6 Å². The molecule has 5 heteroatoms.